The van der Waals surface area contributed by atoms with Crippen molar-refractivity contribution < 1.29 is 75.8 Å². The molecule has 11 aliphatic rings. The first-order valence-corrected chi connectivity index (χ1v) is 49.7. The number of benzene rings is 12. The molecule has 0 atom stereocenters. The number of hydrogen-bond acceptors (Lipinski definition) is 20. The molecule has 11 aliphatic heterocycles. The van der Waals surface area contributed by atoms with Crippen molar-refractivity contribution in [3.05, 3.63) is 344 Å². The highest BCUT2D eigenvalue weighted by atomic mass is 32.2. The number of ether oxygens (including phenoxy) is 16. The van der Waals surface area contributed by atoms with Crippen LogP contribution in [0.4, 0.5) is 0 Å². The van der Waals surface area contributed by atoms with E-state index in [1.165, 1.54) is 72.5 Å². The van der Waals surface area contributed by atoms with Gasteiger partial charge in [-0.1, -0.05) is 251 Å². The first-order valence-electron chi connectivity index (χ1n) is 46.4. The lowest BCUT2D eigenvalue weighted by molar-refractivity contribution is -0.287. The van der Waals surface area contributed by atoms with Crippen LogP contribution in [0.1, 0.15) is 215 Å². The van der Waals surface area contributed by atoms with Gasteiger partial charge >= 0.3 is 0 Å². The van der Waals surface area contributed by atoms with Gasteiger partial charge in [-0.05, 0) is 199 Å². The zero-order chi connectivity index (χ0) is 92.7. The Morgan fingerprint density at radius 1 is 0.241 bits per heavy atom. The molecule has 11 heterocycles. The Bertz CT molecular complexity index is 6170. The number of methoxy groups -OCH3 is 4. The Morgan fingerprint density at radius 2 is 0.504 bits per heavy atom. The molecular weight excluding hydrogens is 1740 g/mol. The first kappa shape index (κ1) is 94.1. The summed E-state index contributed by atoms with van der Waals surface area (Å²) in [6, 6.07) is 87.5. The quantitative estimate of drug-likeness (QED) is 0.133. The van der Waals surface area contributed by atoms with Crippen molar-refractivity contribution in [1.29, 1.82) is 0 Å². The number of fused-ring (bicyclic) bond motifs is 22. The predicted octanol–water partition coefficient (Wildman–Crippen LogP) is 27.7. The molecule has 5 spiro atoms. The Morgan fingerprint density at radius 3 is 0.850 bits per heavy atom. The van der Waals surface area contributed by atoms with E-state index in [0.717, 1.165) is 136 Å². The van der Waals surface area contributed by atoms with Crippen LogP contribution in [0.5, 0.6) is 34.5 Å². The minimum Gasteiger partial charge on any atom is -0.497 e. The molecule has 0 radical (unpaired) electrons. The van der Waals surface area contributed by atoms with E-state index in [4.69, 9.17) is 75.8 Å². The van der Waals surface area contributed by atoms with Crippen LogP contribution in [0.2, 0.25) is 0 Å². The lowest BCUT2D eigenvalue weighted by atomic mass is 9.88. The van der Waals surface area contributed by atoms with Crippen molar-refractivity contribution in [1.82, 2.24) is 0 Å². The van der Waals surface area contributed by atoms with Gasteiger partial charge in [0.1, 0.15) is 34.5 Å². The molecule has 5 fully saturated rings. The van der Waals surface area contributed by atoms with Crippen molar-refractivity contribution in [2.24, 2.45) is 10.8 Å². The standard InChI is InChI=1S/C21H24O2S.C20H22O2S.C19H20O4.C19H20O2S.C18H20O2S.C16H14O4/c1-14(2)15-9-10-19-17(11-15)21(22-12-20(3,4)13-23-21)16-7-5-6-8-18(16)24-19;1-14(2)15-9-10-19-17(13-15)20(21-11-5-6-12-22-20)16-7-3-4-8-18(16)23-19;1-18(2)11-21-19(22-12-18)14-6-4-5-7-16(14)23-17-9-8-13(20-3)10-15(17)19;1-13(2)14-8-9-18-16(12-14)19(20-10-5-11-21-19)15-6-3-4-7-17(15)22-18;1-12(2)13-9-10-17-15(11-13)18(19-3,20-4)14-7-5-6-8-16(14)21-17;1-17-11-6-7-15-13(10-11)16(18-8-9-19-16)12-4-2-3-5-14(12)20-15/h5-11,14H,12-13H2,1-4H3;3-4,7-10,13-14H,5-6,11-12H2,1-2H3;4-10H,11-12H2,1-3H3;3-4,6-9,12-13H,5,10-11H2,1-2H3;5-12H,1-4H3;2-7,10H,8-9H2,1H3. The fourth-order valence-corrected chi connectivity index (χ4v) is 23.1. The van der Waals surface area contributed by atoms with Gasteiger partial charge in [-0.3, -0.25) is 0 Å². The number of hydrogen-bond donors (Lipinski definition) is 0. The topological polar surface area (TPSA) is 148 Å². The van der Waals surface area contributed by atoms with E-state index in [1.807, 2.05) is 126 Å². The average molecular weight is 1860 g/mol. The average Bonchev–Trinajstić information content (AvgIpc) is 1.65. The van der Waals surface area contributed by atoms with Crippen LogP contribution in [-0.2, 0) is 91.6 Å². The minimum atomic E-state index is -0.936. The van der Waals surface area contributed by atoms with Gasteiger partial charge in [-0.25, -0.2) is 0 Å². The molecule has 133 heavy (non-hydrogen) atoms. The van der Waals surface area contributed by atoms with E-state index < -0.39 is 34.7 Å². The van der Waals surface area contributed by atoms with Gasteiger partial charge in [0.25, 0.3) is 0 Å². The third-order valence-electron chi connectivity index (χ3n) is 25.9. The Balaban J connectivity index is 0.000000107. The third-order valence-corrected chi connectivity index (χ3v) is 30.5. The summed E-state index contributed by atoms with van der Waals surface area (Å²) in [6.45, 7) is 33.1. The second-order valence-corrected chi connectivity index (χ2v) is 42.0. The molecule has 0 bridgehead atoms. The van der Waals surface area contributed by atoms with Gasteiger partial charge in [0.05, 0.1) is 103 Å². The summed E-state index contributed by atoms with van der Waals surface area (Å²) in [4.78, 5) is 9.79. The molecule has 0 amide bonds. The Labute approximate surface area is 800 Å². The smallest absolute Gasteiger partial charge is 0.230 e. The molecule has 692 valence electrons. The van der Waals surface area contributed by atoms with Crippen LogP contribution < -0.4 is 18.9 Å². The van der Waals surface area contributed by atoms with Crippen LogP contribution >= 0.6 is 47.0 Å². The zero-order valence-corrected chi connectivity index (χ0v) is 82.2. The van der Waals surface area contributed by atoms with Crippen LogP contribution in [-0.4, -0.2) is 94.5 Å². The molecule has 20 heteroatoms. The number of rotatable bonds is 8. The van der Waals surface area contributed by atoms with Crippen LogP contribution in [0, 0.1) is 10.8 Å². The predicted molar refractivity (Wildman–Crippen MR) is 523 cm³/mol. The molecule has 0 N–H and O–H groups in total. The van der Waals surface area contributed by atoms with Gasteiger partial charge in [-0.2, -0.15) is 0 Å². The number of para-hydroxylation sites is 2. The van der Waals surface area contributed by atoms with Crippen molar-refractivity contribution >= 4 is 47.0 Å². The van der Waals surface area contributed by atoms with Gasteiger partial charge in [-0.15, -0.1) is 0 Å². The van der Waals surface area contributed by atoms with E-state index in [0.29, 0.717) is 63.3 Å². The maximum atomic E-state index is 6.47. The minimum absolute atomic E-state index is 0.0163. The lowest BCUT2D eigenvalue weighted by Crippen LogP contribution is -2.47. The van der Waals surface area contributed by atoms with Crippen LogP contribution in [0.15, 0.2) is 294 Å². The monoisotopic (exact) mass is 1860 g/mol. The molecule has 0 aromatic heterocycles. The second kappa shape index (κ2) is 39.1. The maximum Gasteiger partial charge on any atom is 0.230 e. The van der Waals surface area contributed by atoms with E-state index in [-0.39, 0.29) is 10.8 Å². The Kier molecular flexibility index (Phi) is 27.7. The summed E-state index contributed by atoms with van der Waals surface area (Å²) >= 11 is 7.21. The normalized spacial score (nSPS) is 18.9. The molecule has 0 saturated carbocycles. The van der Waals surface area contributed by atoms with Crippen molar-refractivity contribution in [3.63, 3.8) is 0 Å². The summed E-state index contributed by atoms with van der Waals surface area (Å²) in [5, 5.41) is 0. The van der Waals surface area contributed by atoms with Crippen molar-refractivity contribution in [3.8, 4) is 34.5 Å². The van der Waals surface area contributed by atoms with E-state index in [2.05, 4.69) is 247 Å². The summed E-state index contributed by atoms with van der Waals surface area (Å²) in [7, 11) is 6.71. The van der Waals surface area contributed by atoms with Crippen LogP contribution in [0.3, 0.4) is 0 Å². The van der Waals surface area contributed by atoms with Crippen molar-refractivity contribution in [2.75, 3.05) is 94.5 Å². The molecule has 16 nitrogen and oxygen atoms in total. The Hall–Kier alpha value is -9.24. The largest absolute Gasteiger partial charge is 0.497 e. The molecule has 5 saturated heterocycles. The van der Waals surface area contributed by atoms with E-state index in [1.54, 1.807) is 40.2 Å². The summed E-state index contributed by atoms with van der Waals surface area (Å²) in [6.07, 6.45) is 3.06. The fourth-order valence-electron chi connectivity index (χ4n) is 18.6. The summed E-state index contributed by atoms with van der Waals surface area (Å²) < 4.78 is 97.2. The molecule has 12 aromatic carbocycles. The van der Waals surface area contributed by atoms with Gasteiger partial charge in [0.15, 0.2) is 0 Å². The van der Waals surface area contributed by atoms with Gasteiger partial charge in [0, 0.05) is 109 Å². The summed E-state index contributed by atoms with van der Waals surface area (Å²) in [5.74, 6) is 1.61. The van der Waals surface area contributed by atoms with Gasteiger partial charge in [0.2, 0.25) is 34.7 Å². The third kappa shape index (κ3) is 18.1. The van der Waals surface area contributed by atoms with Gasteiger partial charge < -0.3 is 75.8 Å². The molecule has 23 rings (SSSR count). The molecule has 12 aromatic rings. The maximum absolute atomic E-state index is 6.47. The highest BCUT2D eigenvalue weighted by molar-refractivity contribution is 8.00. The summed E-state index contributed by atoms with van der Waals surface area (Å²) in [5.41, 5.74) is 17.9. The van der Waals surface area contributed by atoms with Crippen molar-refractivity contribution in [2.45, 2.75) is 200 Å². The highest BCUT2D eigenvalue weighted by Crippen LogP contribution is 2.60. The first-order chi connectivity index (χ1) is 64.3. The van der Waals surface area contributed by atoms with E-state index >= 15 is 0 Å². The molecular formula is C113H120O16S4. The van der Waals surface area contributed by atoms with Crippen LogP contribution in [0.25, 0.3) is 0 Å². The molecule has 0 unspecified atom stereocenters. The lowest BCUT2D eigenvalue weighted by Gasteiger charge is -2.46. The zero-order valence-electron chi connectivity index (χ0n) is 78.9. The molecule has 0 aliphatic carbocycles. The SMILES string of the molecule is CC(C)c1ccc2c(c1)C1(OCC(C)(C)CO1)c1ccccc1S2.CC(C)c1ccc2c(c1)C1(OCCCCO1)c1ccccc1S2.CC(C)c1ccc2c(c1)C1(OCCCO1)c1ccccc1S2.COC1(OC)c2ccccc2Sc2ccc(C(C)C)cc21.COc1ccc2c(c1)C1(OCC(C)(C)CO1)c1ccccc1O2.COc1ccc2c(c1)C1(OCCO1)c1ccccc1O2. The second-order valence-electron chi connectivity index (χ2n) is 37.7. The van der Waals surface area contributed by atoms with E-state index in [9.17, 15) is 0 Å². The fraction of sp³-hybridized carbons (Fsp3) is 0.363. The highest BCUT2D eigenvalue weighted by Gasteiger charge is 2.54.